The van der Waals surface area contributed by atoms with Gasteiger partial charge in [-0.1, -0.05) is 13.8 Å². The maximum absolute atomic E-state index is 12.6. The van der Waals surface area contributed by atoms with E-state index in [2.05, 4.69) is 15.4 Å². The van der Waals surface area contributed by atoms with E-state index >= 15 is 0 Å². The van der Waals surface area contributed by atoms with E-state index in [4.69, 9.17) is 21.8 Å². The predicted molar refractivity (Wildman–Crippen MR) is 116 cm³/mol. The van der Waals surface area contributed by atoms with Crippen LogP contribution in [0.1, 0.15) is 26.7 Å². The van der Waals surface area contributed by atoms with Crippen molar-refractivity contribution in [2.75, 3.05) is 18.0 Å². The Hall–Kier alpha value is -3.21. The Labute approximate surface area is 185 Å². The summed E-state index contributed by atoms with van der Waals surface area (Å²) in [7, 11) is 0. The molecule has 10 nitrogen and oxygen atoms in total. The molecule has 1 atom stereocenters. The van der Waals surface area contributed by atoms with E-state index in [-0.39, 0.29) is 24.0 Å². The quantitative estimate of drug-likeness (QED) is 0.694. The monoisotopic (exact) mass is 444 g/mol. The first kappa shape index (κ1) is 21.0. The Morgan fingerprint density at radius 1 is 1.29 bits per heavy atom. The molecule has 4 rings (SSSR count). The van der Waals surface area contributed by atoms with Crippen LogP contribution >= 0.6 is 12.2 Å². The number of piperidine rings is 1. The number of hydrogen-bond acceptors (Lipinski definition) is 7. The van der Waals surface area contributed by atoms with Crippen LogP contribution < -0.4 is 19.8 Å². The number of hydrogen-bond donors (Lipinski definition) is 1. The lowest BCUT2D eigenvalue weighted by Crippen LogP contribution is -2.44. The summed E-state index contributed by atoms with van der Waals surface area (Å²) in [6, 6.07) is 4.64. The predicted octanol–water partition coefficient (Wildman–Crippen LogP) is 1.62. The maximum atomic E-state index is 12.6. The molecule has 2 aromatic rings. The topological polar surface area (TPSA) is 102 Å². The highest BCUT2D eigenvalue weighted by molar-refractivity contribution is 7.80. The van der Waals surface area contributed by atoms with Crippen molar-refractivity contribution >= 4 is 35.1 Å². The molecule has 4 heterocycles. The molecule has 1 unspecified atom stereocenters. The first-order valence-electron chi connectivity index (χ1n) is 10.2. The fourth-order valence-electron chi connectivity index (χ4n) is 3.51. The number of pyridine rings is 1. The zero-order valence-corrected chi connectivity index (χ0v) is 18.1. The minimum atomic E-state index is -0.443. The molecule has 31 heavy (non-hydrogen) atoms. The number of aromatic nitrogens is 3. The first-order valence-corrected chi connectivity index (χ1v) is 10.6. The molecule has 2 aromatic heterocycles. The molecule has 2 aliphatic rings. The number of carbonyl (C=O) groups excluding carboxylic acids is 2. The molecule has 0 spiro atoms. The van der Waals surface area contributed by atoms with Crippen LogP contribution in [0.15, 0.2) is 36.8 Å². The summed E-state index contributed by atoms with van der Waals surface area (Å²) in [4.78, 5) is 39.5. The third-order valence-electron chi connectivity index (χ3n) is 5.23. The Morgan fingerprint density at radius 3 is 2.65 bits per heavy atom. The molecule has 2 amide bonds. The van der Waals surface area contributed by atoms with Gasteiger partial charge in [-0.05, 0) is 36.3 Å². The Kier molecular flexibility index (Phi) is 6.03. The van der Waals surface area contributed by atoms with Crippen molar-refractivity contribution in [1.29, 1.82) is 0 Å². The van der Waals surface area contributed by atoms with Gasteiger partial charge in [0.05, 0.1) is 18.6 Å². The SMILES string of the molecule is CC(C)C1NC(=S)N(c2ccc(OC(=O)N3CCC(On4cccn4)CC3)cn2)C1=O. The summed E-state index contributed by atoms with van der Waals surface area (Å²) < 4.78 is 5.44. The number of amides is 2. The van der Waals surface area contributed by atoms with Gasteiger partial charge in [0.15, 0.2) is 10.9 Å². The largest absolute Gasteiger partial charge is 0.415 e. The molecule has 0 saturated carbocycles. The Morgan fingerprint density at radius 2 is 2.06 bits per heavy atom. The summed E-state index contributed by atoms with van der Waals surface area (Å²) in [5.74, 6) is 0.652. The minimum Gasteiger partial charge on any atom is -0.409 e. The van der Waals surface area contributed by atoms with Crippen molar-refractivity contribution in [3.05, 3.63) is 36.8 Å². The number of ether oxygens (including phenoxy) is 1. The number of likely N-dealkylation sites (tertiary alicyclic amines) is 1. The molecule has 0 radical (unpaired) electrons. The first-order chi connectivity index (χ1) is 14.9. The fraction of sp³-hybridized carbons (Fsp3) is 0.450. The number of anilines is 1. The average Bonchev–Trinajstić information content (AvgIpc) is 3.37. The molecule has 2 fully saturated rings. The van der Waals surface area contributed by atoms with E-state index in [0.717, 1.165) is 0 Å². The van der Waals surface area contributed by atoms with Gasteiger partial charge in [-0.3, -0.25) is 4.79 Å². The van der Waals surface area contributed by atoms with Gasteiger partial charge in [-0.15, -0.1) is 9.94 Å². The van der Waals surface area contributed by atoms with Crippen molar-refractivity contribution in [2.45, 2.75) is 38.8 Å². The molecule has 0 aliphatic carbocycles. The molecular formula is C20H24N6O4S. The van der Waals surface area contributed by atoms with Crippen LogP contribution in [0, 0.1) is 5.92 Å². The second-order valence-corrected chi connectivity index (χ2v) is 8.15. The van der Waals surface area contributed by atoms with Crippen molar-refractivity contribution in [3.8, 4) is 5.75 Å². The summed E-state index contributed by atoms with van der Waals surface area (Å²) >= 11 is 5.28. The Bertz CT molecular complexity index is 941. The number of rotatable bonds is 5. The van der Waals surface area contributed by atoms with E-state index in [1.807, 2.05) is 13.8 Å². The van der Waals surface area contributed by atoms with Gasteiger partial charge in [0, 0.05) is 25.9 Å². The normalized spacial score (nSPS) is 19.6. The second-order valence-electron chi connectivity index (χ2n) is 7.77. The van der Waals surface area contributed by atoms with Gasteiger partial charge in [0.1, 0.15) is 18.0 Å². The van der Waals surface area contributed by atoms with Crippen LogP contribution in [0.4, 0.5) is 10.6 Å². The van der Waals surface area contributed by atoms with Gasteiger partial charge in [-0.2, -0.15) is 0 Å². The molecule has 0 aromatic carbocycles. The molecule has 11 heteroatoms. The molecule has 2 saturated heterocycles. The smallest absolute Gasteiger partial charge is 0.409 e. The zero-order chi connectivity index (χ0) is 22.0. The van der Waals surface area contributed by atoms with Crippen LogP contribution in [-0.2, 0) is 4.79 Å². The number of nitrogens with zero attached hydrogens (tertiary/aromatic N) is 5. The standard InChI is InChI=1S/C20H24N6O4S/c1-13(2)17-18(27)26(19(31)23-17)16-5-4-15(12-21-16)29-20(28)24-10-6-14(7-11-24)30-25-9-3-8-22-25/h3-5,8-9,12-14,17H,6-7,10-11H2,1-2H3,(H,23,31). The van der Waals surface area contributed by atoms with E-state index in [0.29, 0.717) is 42.6 Å². The van der Waals surface area contributed by atoms with Crippen LogP contribution in [0.5, 0.6) is 5.75 Å². The molecular weight excluding hydrogens is 420 g/mol. The summed E-state index contributed by atoms with van der Waals surface area (Å²) in [5.41, 5.74) is 0. The Balaban J connectivity index is 1.31. The van der Waals surface area contributed by atoms with Gasteiger partial charge in [0.2, 0.25) is 0 Å². The van der Waals surface area contributed by atoms with Crippen molar-refractivity contribution in [3.63, 3.8) is 0 Å². The fourth-order valence-corrected chi connectivity index (χ4v) is 3.82. The van der Waals surface area contributed by atoms with Crippen molar-refractivity contribution in [2.24, 2.45) is 5.92 Å². The average molecular weight is 445 g/mol. The van der Waals surface area contributed by atoms with E-state index in [9.17, 15) is 9.59 Å². The number of thiocarbonyl (C=S) groups is 1. The van der Waals surface area contributed by atoms with Gasteiger partial charge < -0.3 is 19.8 Å². The highest BCUT2D eigenvalue weighted by Gasteiger charge is 2.38. The highest BCUT2D eigenvalue weighted by Crippen LogP contribution is 2.23. The van der Waals surface area contributed by atoms with E-state index in [1.165, 1.54) is 15.9 Å². The van der Waals surface area contributed by atoms with Crippen molar-refractivity contribution < 1.29 is 19.2 Å². The minimum absolute atomic E-state index is 0.00462. The van der Waals surface area contributed by atoms with Crippen molar-refractivity contribution in [1.82, 2.24) is 25.1 Å². The second kappa shape index (κ2) is 8.88. The molecule has 164 valence electrons. The van der Waals surface area contributed by atoms with Gasteiger partial charge in [0.25, 0.3) is 5.91 Å². The highest BCUT2D eigenvalue weighted by atomic mass is 32.1. The van der Waals surface area contributed by atoms with Gasteiger partial charge >= 0.3 is 6.09 Å². The molecule has 2 aliphatic heterocycles. The summed E-state index contributed by atoms with van der Waals surface area (Å²) in [6.07, 6.45) is 5.72. The lowest BCUT2D eigenvalue weighted by Gasteiger charge is -2.30. The third-order valence-corrected chi connectivity index (χ3v) is 5.53. The summed E-state index contributed by atoms with van der Waals surface area (Å²) in [6.45, 7) is 4.94. The summed E-state index contributed by atoms with van der Waals surface area (Å²) in [5, 5.41) is 7.36. The molecule has 0 bridgehead atoms. The third kappa shape index (κ3) is 4.61. The van der Waals surface area contributed by atoms with Crippen LogP contribution in [0.2, 0.25) is 0 Å². The van der Waals surface area contributed by atoms with Crippen LogP contribution in [0.3, 0.4) is 0 Å². The van der Waals surface area contributed by atoms with E-state index in [1.54, 1.807) is 35.5 Å². The lowest BCUT2D eigenvalue weighted by atomic mass is 10.1. The van der Waals surface area contributed by atoms with Crippen LogP contribution in [0.25, 0.3) is 0 Å². The molecule has 1 N–H and O–H groups in total. The maximum Gasteiger partial charge on any atom is 0.415 e. The van der Waals surface area contributed by atoms with Crippen LogP contribution in [-0.4, -0.2) is 62.2 Å². The number of nitrogens with one attached hydrogen (secondary N) is 1. The zero-order valence-electron chi connectivity index (χ0n) is 17.3. The van der Waals surface area contributed by atoms with E-state index < -0.39 is 6.09 Å². The van der Waals surface area contributed by atoms with Gasteiger partial charge in [-0.25, -0.2) is 14.7 Å². The number of carbonyl (C=O) groups is 2. The lowest BCUT2D eigenvalue weighted by molar-refractivity contribution is -0.119.